The van der Waals surface area contributed by atoms with Crippen molar-refractivity contribution in [3.8, 4) is 23.0 Å². The van der Waals surface area contributed by atoms with E-state index in [2.05, 4.69) is 33.1 Å². The first kappa shape index (κ1) is 19.9. The second kappa shape index (κ2) is 9.36. The van der Waals surface area contributed by atoms with Gasteiger partial charge in [0.2, 0.25) is 0 Å². The van der Waals surface area contributed by atoms with Crippen molar-refractivity contribution in [3.05, 3.63) is 75.6 Å². The maximum atomic E-state index is 12.5. The molecule has 0 atom stereocenters. The number of halogens is 1. The van der Waals surface area contributed by atoms with Crippen LogP contribution in [-0.4, -0.2) is 18.5 Å². The molecule has 1 N–H and O–H groups in total. The van der Waals surface area contributed by atoms with Gasteiger partial charge in [-0.15, -0.1) is 11.3 Å². The molecular formula is C22H16BrNO3S. The van der Waals surface area contributed by atoms with Crippen LogP contribution >= 0.6 is 27.3 Å². The Balaban J connectivity index is 1.90. The van der Waals surface area contributed by atoms with E-state index in [-0.39, 0.29) is 6.61 Å². The van der Waals surface area contributed by atoms with Crippen LogP contribution in [0, 0.1) is 11.8 Å². The van der Waals surface area contributed by atoms with E-state index in [0.29, 0.717) is 16.1 Å². The van der Waals surface area contributed by atoms with Crippen LogP contribution in [-0.2, 0) is 9.53 Å². The van der Waals surface area contributed by atoms with E-state index >= 15 is 0 Å². The maximum Gasteiger partial charge on any atom is 0.341 e. The molecule has 1 aromatic heterocycles. The Morgan fingerprint density at radius 3 is 2.50 bits per heavy atom. The van der Waals surface area contributed by atoms with Gasteiger partial charge in [-0.2, -0.15) is 0 Å². The summed E-state index contributed by atoms with van der Waals surface area (Å²) in [5.74, 6) is 4.39. The fourth-order valence-corrected chi connectivity index (χ4v) is 3.70. The van der Waals surface area contributed by atoms with Crippen LogP contribution in [0.15, 0.2) is 64.5 Å². The number of rotatable bonds is 4. The Kier molecular flexibility index (Phi) is 6.64. The van der Waals surface area contributed by atoms with Crippen LogP contribution in [0.3, 0.4) is 0 Å². The molecule has 4 nitrogen and oxygen atoms in total. The van der Waals surface area contributed by atoms with Gasteiger partial charge in [-0.05, 0) is 36.8 Å². The van der Waals surface area contributed by atoms with Crippen molar-refractivity contribution in [2.45, 2.75) is 6.92 Å². The molecule has 0 bridgehead atoms. The smallest absolute Gasteiger partial charge is 0.341 e. The lowest BCUT2D eigenvalue weighted by atomic mass is 10.0. The summed E-state index contributed by atoms with van der Waals surface area (Å²) < 4.78 is 6.13. The predicted molar refractivity (Wildman–Crippen MR) is 115 cm³/mol. The van der Waals surface area contributed by atoms with Crippen molar-refractivity contribution >= 4 is 44.1 Å². The van der Waals surface area contributed by atoms with E-state index in [1.165, 1.54) is 11.3 Å². The van der Waals surface area contributed by atoms with Crippen LogP contribution in [0.25, 0.3) is 11.1 Å². The Morgan fingerprint density at radius 1 is 1.11 bits per heavy atom. The topological polar surface area (TPSA) is 55.4 Å². The maximum absolute atomic E-state index is 12.5. The summed E-state index contributed by atoms with van der Waals surface area (Å²) in [6.07, 6.45) is 0. The second-order valence-corrected chi connectivity index (χ2v) is 7.45. The van der Waals surface area contributed by atoms with Gasteiger partial charge in [0.1, 0.15) is 10.6 Å². The summed E-state index contributed by atoms with van der Waals surface area (Å²) in [6.45, 7) is 1.99. The Morgan fingerprint density at radius 2 is 1.82 bits per heavy atom. The first-order valence-electron chi connectivity index (χ1n) is 8.51. The number of carbonyl (C=O) groups is 2. The Labute approximate surface area is 175 Å². The molecular weight excluding hydrogens is 438 g/mol. The Hall–Kier alpha value is -2.88. The first-order valence-corrected chi connectivity index (χ1v) is 10.2. The number of thiophene rings is 1. The van der Waals surface area contributed by atoms with E-state index in [4.69, 9.17) is 4.74 Å². The fraction of sp³-hybridized carbons (Fsp3) is 0.0909. The Bertz CT molecular complexity index is 1050. The molecule has 1 heterocycles. The van der Waals surface area contributed by atoms with Crippen LogP contribution in [0.4, 0.5) is 5.00 Å². The predicted octanol–water partition coefficient (Wildman–Crippen LogP) is 5.34. The van der Waals surface area contributed by atoms with E-state index < -0.39 is 11.9 Å². The fourth-order valence-electron chi connectivity index (χ4n) is 2.48. The second-order valence-electron chi connectivity index (χ2n) is 5.65. The summed E-state index contributed by atoms with van der Waals surface area (Å²) >= 11 is 4.67. The molecule has 0 aliphatic rings. The van der Waals surface area contributed by atoms with Crippen LogP contribution in [0.1, 0.15) is 22.8 Å². The zero-order valence-electron chi connectivity index (χ0n) is 15.0. The minimum Gasteiger partial charge on any atom is -0.462 e. The lowest BCUT2D eigenvalue weighted by Gasteiger charge is -2.07. The standard InChI is InChI=1S/C22H16BrNO3S/c1-2-27-22(26)20-18(16-9-11-17(23)12-10-16)14-28-21(20)24-19(25)13-8-15-6-4-3-5-7-15/h3-7,9-12,14H,2H2,1H3,(H,24,25). The average Bonchev–Trinajstić information content (AvgIpc) is 3.11. The SMILES string of the molecule is CCOC(=O)c1c(-c2ccc(Br)cc2)csc1NC(=O)C#Cc1ccccc1. The average molecular weight is 454 g/mol. The third kappa shape index (κ3) is 4.89. The summed E-state index contributed by atoms with van der Waals surface area (Å²) in [7, 11) is 0. The third-order valence-corrected chi connectivity index (χ3v) is 5.17. The van der Waals surface area contributed by atoms with Gasteiger partial charge in [0.05, 0.1) is 6.61 Å². The minimum atomic E-state index is -0.487. The molecule has 3 rings (SSSR count). The molecule has 0 radical (unpaired) electrons. The molecule has 0 fully saturated rings. The monoisotopic (exact) mass is 453 g/mol. The highest BCUT2D eigenvalue weighted by atomic mass is 79.9. The number of benzene rings is 2. The van der Waals surface area contributed by atoms with Crippen molar-refractivity contribution in [1.29, 1.82) is 0 Å². The van der Waals surface area contributed by atoms with E-state index in [1.807, 2.05) is 60.0 Å². The minimum absolute atomic E-state index is 0.246. The van der Waals surface area contributed by atoms with Gasteiger partial charge in [0, 0.05) is 26.9 Å². The number of hydrogen-bond acceptors (Lipinski definition) is 4. The van der Waals surface area contributed by atoms with Gasteiger partial charge in [-0.25, -0.2) is 4.79 Å². The molecule has 0 saturated heterocycles. The van der Waals surface area contributed by atoms with Gasteiger partial charge in [0.15, 0.2) is 0 Å². The molecule has 140 valence electrons. The van der Waals surface area contributed by atoms with Crippen molar-refractivity contribution in [3.63, 3.8) is 0 Å². The largest absolute Gasteiger partial charge is 0.462 e. The molecule has 1 amide bonds. The summed E-state index contributed by atoms with van der Waals surface area (Å²) in [6, 6.07) is 16.8. The number of carbonyl (C=O) groups excluding carboxylic acids is 2. The summed E-state index contributed by atoms with van der Waals surface area (Å²) in [4.78, 5) is 24.8. The van der Waals surface area contributed by atoms with Crippen LogP contribution in [0.2, 0.25) is 0 Å². The van der Waals surface area contributed by atoms with Crippen molar-refractivity contribution < 1.29 is 14.3 Å². The van der Waals surface area contributed by atoms with Crippen molar-refractivity contribution in [1.82, 2.24) is 0 Å². The van der Waals surface area contributed by atoms with Crippen LogP contribution in [0.5, 0.6) is 0 Å². The lowest BCUT2D eigenvalue weighted by molar-refractivity contribution is -0.111. The molecule has 3 aromatic rings. The van der Waals surface area contributed by atoms with Gasteiger partial charge in [-0.3, -0.25) is 4.79 Å². The van der Waals surface area contributed by atoms with E-state index in [1.54, 1.807) is 6.92 Å². The number of anilines is 1. The molecule has 6 heteroatoms. The summed E-state index contributed by atoms with van der Waals surface area (Å²) in [5.41, 5.74) is 2.65. The number of esters is 1. The van der Waals surface area contributed by atoms with Gasteiger partial charge < -0.3 is 10.1 Å². The first-order chi connectivity index (χ1) is 13.6. The number of ether oxygens (including phenoxy) is 1. The quantitative estimate of drug-likeness (QED) is 0.428. The highest BCUT2D eigenvalue weighted by Gasteiger charge is 2.22. The normalized spacial score (nSPS) is 9.93. The molecule has 2 aromatic carbocycles. The lowest BCUT2D eigenvalue weighted by Crippen LogP contribution is -2.13. The van der Waals surface area contributed by atoms with Crippen molar-refractivity contribution in [2.24, 2.45) is 0 Å². The van der Waals surface area contributed by atoms with Crippen LogP contribution < -0.4 is 5.32 Å². The molecule has 0 saturated carbocycles. The number of amides is 1. The van der Waals surface area contributed by atoms with Gasteiger partial charge >= 0.3 is 11.9 Å². The van der Waals surface area contributed by atoms with Crippen molar-refractivity contribution in [2.75, 3.05) is 11.9 Å². The van der Waals surface area contributed by atoms with Gasteiger partial charge in [0.25, 0.3) is 0 Å². The zero-order chi connectivity index (χ0) is 19.9. The van der Waals surface area contributed by atoms with E-state index in [0.717, 1.165) is 15.6 Å². The molecule has 28 heavy (non-hydrogen) atoms. The van der Waals surface area contributed by atoms with E-state index in [9.17, 15) is 9.59 Å². The highest BCUT2D eigenvalue weighted by Crippen LogP contribution is 2.36. The number of hydrogen-bond donors (Lipinski definition) is 1. The molecule has 0 spiro atoms. The zero-order valence-corrected chi connectivity index (χ0v) is 17.4. The van der Waals surface area contributed by atoms with Gasteiger partial charge in [-0.1, -0.05) is 52.2 Å². The highest BCUT2D eigenvalue weighted by molar-refractivity contribution is 9.10. The number of nitrogens with one attached hydrogen (secondary N) is 1. The summed E-state index contributed by atoms with van der Waals surface area (Å²) in [5, 5.41) is 4.97. The third-order valence-electron chi connectivity index (χ3n) is 3.75. The molecule has 0 aliphatic carbocycles. The molecule has 0 aliphatic heterocycles. The molecule has 0 unspecified atom stereocenters.